The van der Waals surface area contributed by atoms with Crippen LogP contribution in [0.4, 0.5) is 0 Å². The van der Waals surface area contributed by atoms with E-state index in [0.717, 1.165) is 37.3 Å². The molecule has 6 aliphatic rings. The molecule has 1 unspecified atom stereocenters. The Balaban J connectivity index is 1.40. The average Bonchev–Trinajstić information content (AvgIpc) is 3.34. The Hall–Kier alpha value is -1.86. The highest BCUT2D eigenvalue weighted by molar-refractivity contribution is 7.08. The van der Waals surface area contributed by atoms with Gasteiger partial charge in [-0.1, -0.05) is 18.6 Å². The van der Waals surface area contributed by atoms with E-state index < -0.39 is 17.1 Å². The molecule has 6 heteroatoms. The van der Waals surface area contributed by atoms with Crippen LogP contribution in [0.25, 0.3) is 0 Å². The highest BCUT2D eigenvalue weighted by Gasteiger charge is 2.81. The topological polar surface area (TPSA) is 62.2 Å². The molecule has 0 amide bonds. The maximum absolute atomic E-state index is 11.9. The molecule has 2 saturated carbocycles. The molecule has 6 atom stereocenters. The lowest BCUT2D eigenvalue weighted by Crippen LogP contribution is -2.79. The van der Waals surface area contributed by atoms with Crippen LogP contribution in [0.1, 0.15) is 55.4 Å². The van der Waals surface area contributed by atoms with Crippen molar-refractivity contribution in [2.24, 2.45) is 11.3 Å². The molecule has 1 aromatic carbocycles. The van der Waals surface area contributed by atoms with E-state index in [4.69, 9.17) is 9.47 Å². The van der Waals surface area contributed by atoms with Crippen LogP contribution in [0.2, 0.25) is 0 Å². The minimum Gasteiger partial charge on any atom is -0.504 e. The number of thiophene rings is 1. The summed E-state index contributed by atoms with van der Waals surface area (Å²) in [6.45, 7) is 4.42. The molecule has 3 heterocycles. The summed E-state index contributed by atoms with van der Waals surface area (Å²) in [5.74, 6) is 1.72. The number of ether oxygens (including phenoxy) is 2. The molecule has 5 nitrogen and oxygen atoms in total. The SMILES string of the molecule is CO[C@@]12CC(=C3[C@H]4Cc5ccc(O)c6c5[C@@]3(CCN4CC3CC3)[C@H]1O6)[C@]2(C)C(O)c1ccsc1. The molecule has 2 aliphatic heterocycles. The van der Waals surface area contributed by atoms with Crippen molar-refractivity contribution in [3.63, 3.8) is 0 Å². The van der Waals surface area contributed by atoms with Crippen molar-refractivity contribution in [2.45, 2.75) is 68.3 Å². The molecule has 34 heavy (non-hydrogen) atoms. The van der Waals surface area contributed by atoms with Gasteiger partial charge in [0.25, 0.3) is 0 Å². The van der Waals surface area contributed by atoms with Crippen molar-refractivity contribution in [2.75, 3.05) is 20.2 Å². The van der Waals surface area contributed by atoms with Crippen LogP contribution in [-0.2, 0) is 16.6 Å². The molecule has 0 radical (unpaired) electrons. The fourth-order valence-electron chi connectivity index (χ4n) is 8.69. The number of hydrogen-bond donors (Lipinski definition) is 2. The zero-order valence-corrected chi connectivity index (χ0v) is 20.5. The lowest BCUT2D eigenvalue weighted by Gasteiger charge is -2.72. The second kappa shape index (κ2) is 6.28. The molecule has 1 spiro atoms. The van der Waals surface area contributed by atoms with Crippen LogP contribution < -0.4 is 4.74 Å². The number of hydrogen-bond acceptors (Lipinski definition) is 6. The molecule has 178 valence electrons. The van der Waals surface area contributed by atoms with Crippen molar-refractivity contribution in [3.8, 4) is 11.5 Å². The number of piperidine rings is 1. The number of phenols is 1. The molecule has 4 bridgehead atoms. The number of aliphatic hydroxyl groups is 1. The van der Waals surface area contributed by atoms with Crippen molar-refractivity contribution >= 4 is 11.3 Å². The maximum atomic E-state index is 11.9. The lowest BCUT2D eigenvalue weighted by atomic mass is 9.36. The van der Waals surface area contributed by atoms with Crippen LogP contribution in [0, 0.1) is 11.3 Å². The fourth-order valence-corrected chi connectivity index (χ4v) is 9.37. The van der Waals surface area contributed by atoms with Gasteiger partial charge in [0.15, 0.2) is 11.5 Å². The van der Waals surface area contributed by atoms with Crippen molar-refractivity contribution in [3.05, 3.63) is 56.8 Å². The number of fused-ring (bicyclic) bond motifs is 3. The fraction of sp³-hybridized carbons (Fsp3) is 0.571. The van der Waals surface area contributed by atoms with Crippen molar-refractivity contribution in [1.29, 1.82) is 0 Å². The molecule has 2 aromatic rings. The van der Waals surface area contributed by atoms with Gasteiger partial charge in [-0.15, -0.1) is 0 Å². The van der Waals surface area contributed by atoms with Gasteiger partial charge in [0.2, 0.25) is 0 Å². The first-order chi connectivity index (χ1) is 16.5. The molecular formula is C28H31NO4S. The third kappa shape index (κ3) is 2.04. The quantitative estimate of drug-likeness (QED) is 0.628. The van der Waals surface area contributed by atoms with Gasteiger partial charge in [-0.3, -0.25) is 4.90 Å². The largest absolute Gasteiger partial charge is 0.504 e. The summed E-state index contributed by atoms with van der Waals surface area (Å²) in [5.41, 5.74) is 4.87. The van der Waals surface area contributed by atoms with Crippen LogP contribution in [0.3, 0.4) is 0 Å². The first-order valence-electron chi connectivity index (χ1n) is 12.7. The van der Waals surface area contributed by atoms with E-state index in [1.165, 1.54) is 41.7 Å². The van der Waals surface area contributed by atoms with Gasteiger partial charge in [0.1, 0.15) is 11.7 Å². The Morgan fingerprint density at radius 3 is 2.88 bits per heavy atom. The maximum Gasteiger partial charge on any atom is 0.166 e. The van der Waals surface area contributed by atoms with Crippen molar-refractivity contribution in [1.82, 2.24) is 4.90 Å². The van der Waals surface area contributed by atoms with E-state index in [9.17, 15) is 10.2 Å². The van der Waals surface area contributed by atoms with E-state index in [-0.39, 0.29) is 17.3 Å². The Morgan fingerprint density at radius 2 is 2.15 bits per heavy atom. The summed E-state index contributed by atoms with van der Waals surface area (Å²) in [4.78, 5) is 2.73. The Morgan fingerprint density at radius 1 is 1.29 bits per heavy atom. The van der Waals surface area contributed by atoms with Gasteiger partial charge < -0.3 is 19.7 Å². The van der Waals surface area contributed by atoms with Crippen molar-refractivity contribution < 1.29 is 19.7 Å². The number of aromatic hydroxyl groups is 1. The van der Waals surface area contributed by atoms with Gasteiger partial charge in [-0.2, -0.15) is 11.3 Å². The van der Waals surface area contributed by atoms with E-state index in [1.54, 1.807) is 18.4 Å². The van der Waals surface area contributed by atoms with E-state index in [1.807, 2.05) is 17.5 Å². The Labute approximate surface area is 204 Å². The monoisotopic (exact) mass is 477 g/mol. The average molecular weight is 478 g/mol. The van der Waals surface area contributed by atoms with Gasteiger partial charge in [-0.25, -0.2) is 0 Å². The van der Waals surface area contributed by atoms with Crippen LogP contribution in [0.15, 0.2) is 40.1 Å². The summed E-state index contributed by atoms with van der Waals surface area (Å²) in [5, 5.41) is 26.9. The number of benzene rings is 1. The minimum absolute atomic E-state index is 0.231. The zero-order chi connectivity index (χ0) is 23.0. The predicted molar refractivity (Wildman–Crippen MR) is 129 cm³/mol. The molecule has 1 saturated heterocycles. The number of rotatable bonds is 5. The molecule has 8 rings (SSSR count). The molecule has 2 N–H and O–H groups in total. The predicted octanol–water partition coefficient (Wildman–Crippen LogP) is 4.33. The standard InChI is InChI=1S/C28H31NO4S/c1-26(24(31)17-7-10-34-14-17)18-12-28(26,32-2)25-27-8-9-29(13-15-3-4-15)19(22(18)27)11-16-5-6-20(30)23(33-25)21(16)27/h5-7,10,14-15,19,24-25,30-31H,3-4,8-9,11-13H2,1-2H3/t19-,24?,25-,26-,27-,28+/m1/s1. The normalized spacial score (nSPS) is 40.0. The first-order valence-corrected chi connectivity index (χ1v) is 13.7. The van der Waals surface area contributed by atoms with Gasteiger partial charge in [0, 0.05) is 38.2 Å². The Kier molecular flexibility index (Phi) is 3.75. The first kappa shape index (κ1) is 20.3. The summed E-state index contributed by atoms with van der Waals surface area (Å²) < 4.78 is 13.3. The van der Waals surface area contributed by atoms with E-state index in [2.05, 4.69) is 23.3 Å². The smallest absolute Gasteiger partial charge is 0.166 e. The summed E-state index contributed by atoms with van der Waals surface area (Å²) in [7, 11) is 1.78. The van der Waals surface area contributed by atoms with Gasteiger partial charge in [0.05, 0.1) is 16.9 Å². The third-order valence-corrected chi connectivity index (χ3v) is 11.2. The number of phenolic OH excluding ortho intramolecular Hbond substituents is 1. The second-order valence-electron chi connectivity index (χ2n) is 11.6. The van der Waals surface area contributed by atoms with E-state index in [0.29, 0.717) is 11.8 Å². The minimum atomic E-state index is -0.660. The summed E-state index contributed by atoms with van der Waals surface area (Å²) in [6.07, 6.45) is 4.52. The molecule has 3 fully saturated rings. The second-order valence-corrected chi connectivity index (χ2v) is 12.4. The van der Waals surface area contributed by atoms with E-state index >= 15 is 0 Å². The highest BCUT2D eigenvalue weighted by Crippen LogP contribution is 2.77. The Bertz CT molecular complexity index is 1250. The zero-order valence-electron chi connectivity index (χ0n) is 19.7. The highest BCUT2D eigenvalue weighted by atomic mass is 32.1. The molecule has 1 aromatic heterocycles. The third-order valence-electron chi connectivity index (χ3n) is 10.5. The van der Waals surface area contributed by atoms with Gasteiger partial charge in [-0.05, 0) is 71.2 Å². The van der Waals surface area contributed by atoms with Crippen LogP contribution >= 0.6 is 11.3 Å². The number of likely N-dealkylation sites (tertiary alicyclic amines) is 1. The van der Waals surface area contributed by atoms with Gasteiger partial charge >= 0.3 is 0 Å². The number of methoxy groups -OCH3 is 1. The summed E-state index contributed by atoms with van der Waals surface area (Å²) >= 11 is 1.62. The number of nitrogens with zero attached hydrogens (tertiary/aromatic N) is 1. The van der Waals surface area contributed by atoms with Crippen LogP contribution in [-0.4, -0.2) is 53.1 Å². The molecule has 4 aliphatic carbocycles. The molecular weight excluding hydrogens is 446 g/mol. The summed E-state index contributed by atoms with van der Waals surface area (Å²) in [6, 6.07) is 6.30. The van der Waals surface area contributed by atoms with Crippen LogP contribution in [0.5, 0.6) is 11.5 Å². The lowest BCUT2D eigenvalue weighted by molar-refractivity contribution is -0.249. The number of aliphatic hydroxyl groups excluding tert-OH is 1.